The Morgan fingerprint density at radius 2 is 2.06 bits per heavy atom. The molecule has 5 heteroatoms. The predicted molar refractivity (Wildman–Crippen MR) is 70.1 cm³/mol. The molecule has 0 fully saturated rings. The van der Waals surface area contributed by atoms with Crippen molar-refractivity contribution in [1.29, 1.82) is 0 Å². The molecule has 0 N–H and O–H groups in total. The van der Waals surface area contributed by atoms with E-state index in [1.807, 2.05) is 30.3 Å². The van der Waals surface area contributed by atoms with Crippen LogP contribution in [0.25, 0.3) is 11.3 Å². The lowest BCUT2D eigenvalue weighted by atomic mass is 10.1. The molecule has 0 radical (unpaired) electrons. The molecule has 18 heavy (non-hydrogen) atoms. The molecule has 0 atom stereocenters. The van der Waals surface area contributed by atoms with Gasteiger partial charge in [-0.2, -0.15) is 0 Å². The maximum absolute atomic E-state index is 11.9. The monoisotopic (exact) mass is 263 g/mol. The Morgan fingerprint density at radius 1 is 1.33 bits per heavy atom. The summed E-state index contributed by atoms with van der Waals surface area (Å²) in [5.74, 6) is -0.364. The number of methoxy groups -OCH3 is 1. The molecular formula is C13H13NO3S. The average Bonchev–Trinajstić information content (AvgIpc) is 2.84. The molecule has 2 aromatic rings. The number of nitrogens with zero attached hydrogens (tertiary/aromatic N) is 1. The topological polar surface area (TPSA) is 48.4 Å². The first-order valence-corrected chi connectivity index (χ1v) is 6.35. The fraction of sp³-hybridized carbons (Fsp3) is 0.231. The van der Waals surface area contributed by atoms with Gasteiger partial charge in [-0.3, -0.25) is 0 Å². The standard InChI is InChI=1S/C13H13NO3S/c1-3-17-12(15)11-10(14-13(16-2)18-11)9-7-5-4-6-8-9/h4-8H,3H2,1-2H3. The van der Waals surface area contributed by atoms with E-state index in [2.05, 4.69) is 4.98 Å². The third-order valence-electron chi connectivity index (χ3n) is 2.29. The van der Waals surface area contributed by atoms with Gasteiger partial charge in [0.25, 0.3) is 5.19 Å². The second-order valence-electron chi connectivity index (χ2n) is 3.45. The van der Waals surface area contributed by atoms with Gasteiger partial charge in [-0.25, -0.2) is 9.78 Å². The van der Waals surface area contributed by atoms with Gasteiger partial charge in [0.15, 0.2) is 0 Å². The predicted octanol–water partition coefficient (Wildman–Crippen LogP) is 3.00. The Hall–Kier alpha value is -1.88. The van der Waals surface area contributed by atoms with Crippen LogP contribution in [0.4, 0.5) is 0 Å². The van der Waals surface area contributed by atoms with Crippen LogP contribution >= 0.6 is 11.3 Å². The van der Waals surface area contributed by atoms with Crippen LogP contribution in [-0.2, 0) is 4.74 Å². The molecule has 0 amide bonds. The third-order valence-corrected chi connectivity index (χ3v) is 3.29. The van der Waals surface area contributed by atoms with E-state index in [1.165, 1.54) is 18.4 Å². The number of carbonyl (C=O) groups excluding carboxylic acids is 1. The van der Waals surface area contributed by atoms with Gasteiger partial charge in [0.2, 0.25) is 0 Å². The second kappa shape index (κ2) is 5.64. The summed E-state index contributed by atoms with van der Waals surface area (Å²) in [5, 5.41) is 0.455. The summed E-state index contributed by atoms with van der Waals surface area (Å²) in [7, 11) is 1.53. The van der Waals surface area contributed by atoms with Gasteiger partial charge in [-0.05, 0) is 6.92 Å². The summed E-state index contributed by atoms with van der Waals surface area (Å²) >= 11 is 1.19. The highest BCUT2D eigenvalue weighted by molar-refractivity contribution is 7.15. The molecule has 94 valence electrons. The molecule has 4 nitrogen and oxygen atoms in total. The summed E-state index contributed by atoms with van der Waals surface area (Å²) in [6, 6.07) is 9.51. The van der Waals surface area contributed by atoms with Crippen molar-refractivity contribution in [2.75, 3.05) is 13.7 Å². The summed E-state index contributed by atoms with van der Waals surface area (Å²) in [6.45, 7) is 2.12. The first kappa shape index (κ1) is 12.6. The van der Waals surface area contributed by atoms with Gasteiger partial charge < -0.3 is 9.47 Å². The van der Waals surface area contributed by atoms with Crippen LogP contribution in [0.1, 0.15) is 16.6 Å². The maximum Gasteiger partial charge on any atom is 0.350 e. The number of thiazole rings is 1. The van der Waals surface area contributed by atoms with Gasteiger partial charge in [0, 0.05) is 5.56 Å². The number of hydrogen-bond acceptors (Lipinski definition) is 5. The molecule has 1 heterocycles. The van der Waals surface area contributed by atoms with Gasteiger partial charge in [0.05, 0.1) is 19.4 Å². The molecule has 1 aromatic heterocycles. The molecule has 1 aromatic carbocycles. The van der Waals surface area contributed by atoms with Crippen molar-refractivity contribution in [3.05, 3.63) is 35.2 Å². The lowest BCUT2D eigenvalue weighted by Gasteiger charge is -2.01. The van der Waals surface area contributed by atoms with E-state index < -0.39 is 0 Å². The Balaban J connectivity index is 2.45. The lowest BCUT2D eigenvalue weighted by Crippen LogP contribution is -2.03. The van der Waals surface area contributed by atoms with E-state index in [9.17, 15) is 4.79 Å². The fourth-order valence-electron chi connectivity index (χ4n) is 1.51. The van der Waals surface area contributed by atoms with Crippen LogP contribution in [0.5, 0.6) is 5.19 Å². The van der Waals surface area contributed by atoms with Crippen LogP contribution in [0.3, 0.4) is 0 Å². The van der Waals surface area contributed by atoms with Crippen LogP contribution < -0.4 is 4.74 Å². The maximum atomic E-state index is 11.9. The van der Waals surface area contributed by atoms with E-state index in [0.29, 0.717) is 22.4 Å². The number of benzene rings is 1. The molecule has 0 aliphatic carbocycles. The molecule has 0 saturated heterocycles. The highest BCUT2D eigenvalue weighted by atomic mass is 32.1. The normalized spacial score (nSPS) is 10.1. The fourth-order valence-corrected chi connectivity index (χ4v) is 2.31. The number of rotatable bonds is 4. The Labute approximate surface area is 109 Å². The van der Waals surface area contributed by atoms with Gasteiger partial charge in [0.1, 0.15) is 4.88 Å². The summed E-state index contributed by atoms with van der Waals surface area (Å²) in [6.07, 6.45) is 0. The van der Waals surface area contributed by atoms with Crippen molar-refractivity contribution in [2.45, 2.75) is 6.92 Å². The zero-order chi connectivity index (χ0) is 13.0. The molecule has 0 aliphatic heterocycles. The van der Waals surface area contributed by atoms with Crippen molar-refractivity contribution in [1.82, 2.24) is 4.98 Å². The molecule has 0 spiro atoms. The minimum absolute atomic E-state index is 0.341. The Morgan fingerprint density at radius 3 is 2.67 bits per heavy atom. The van der Waals surface area contributed by atoms with Crippen molar-refractivity contribution < 1.29 is 14.3 Å². The number of esters is 1. The first-order chi connectivity index (χ1) is 8.76. The zero-order valence-corrected chi connectivity index (χ0v) is 11.0. The SMILES string of the molecule is CCOC(=O)c1sc(OC)nc1-c1ccccc1. The average molecular weight is 263 g/mol. The van der Waals surface area contributed by atoms with Gasteiger partial charge >= 0.3 is 5.97 Å². The molecule has 0 saturated carbocycles. The highest BCUT2D eigenvalue weighted by Crippen LogP contribution is 2.32. The lowest BCUT2D eigenvalue weighted by molar-refractivity contribution is 0.0532. The number of ether oxygens (including phenoxy) is 2. The molecule has 0 bridgehead atoms. The molecule has 2 rings (SSSR count). The minimum atomic E-state index is -0.364. The van der Waals surface area contributed by atoms with Crippen LogP contribution in [-0.4, -0.2) is 24.7 Å². The summed E-state index contributed by atoms with van der Waals surface area (Å²) < 4.78 is 10.1. The van der Waals surface area contributed by atoms with Crippen molar-refractivity contribution >= 4 is 17.3 Å². The third kappa shape index (κ3) is 2.51. The smallest absolute Gasteiger partial charge is 0.350 e. The number of aromatic nitrogens is 1. The van der Waals surface area contributed by atoms with E-state index >= 15 is 0 Å². The molecule has 0 aliphatic rings. The van der Waals surface area contributed by atoms with Gasteiger partial charge in [-0.15, -0.1) is 0 Å². The Kier molecular flexibility index (Phi) is 3.94. The number of carbonyl (C=O) groups is 1. The van der Waals surface area contributed by atoms with Crippen LogP contribution in [0, 0.1) is 0 Å². The van der Waals surface area contributed by atoms with E-state index in [1.54, 1.807) is 6.92 Å². The van der Waals surface area contributed by atoms with Gasteiger partial charge in [-0.1, -0.05) is 41.7 Å². The van der Waals surface area contributed by atoms with E-state index in [4.69, 9.17) is 9.47 Å². The summed E-state index contributed by atoms with van der Waals surface area (Å²) in [4.78, 5) is 16.6. The largest absolute Gasteiger partial charge is 0.473 e. The second-order valence-corrected chi connectivity index (χ2v) is 4.41. The Bertz CT molecular complexity index is 536. The van der Waals surface area contributed by atoms with Crippen LogP contribution in [0.2, 0.25) is 0 Å². The van der Waals surface area contributed by atoms with Crippen molar-refractivity contribution in [3.8, 4) is 16.5 Å². The highest BCUT2D eigenvalue weighted by Gasteiger charge is 2.20. The van der Waals surface area contributed by atoms with Crippen LogP contribution in [0.15, 0.2) is 30.3 Å². The van der Waals surface area contributed by atoms with E-state index in [-0.39, 0.29) is 5.97 Å². The number of hydrogen-bond donors (Lipinski definition) is 0. The zero-order valence-electron chi connectivity index (χ0n) is 10.2. The first-order valence-electron chi connectivity index (χ1n) is 5.53. The molecular weight excluding hydrogens is 250 g/mol. The molecule has 0 unspecified atom stereocenters. The van der Waals surface area contributed by atoms with Crippen molar-refractivity contribution in [3.63, 3.8) is 0 Å². The quantitative estimate of drug-likeness (QED) is 0.796. The summed E-state index contributed by atoms with van der Waals surface area (Å²) in [5.41, 5.74) is 1.48. The van der Waals surface area contributed by atoms with Crippen molar-refractivity contribution in [2.24, 2.45) is 0 Å². The van der Waals surface area contributed by atoms with E-state index in [0.717, 1.165) is 5.56 Å². The minimum Gasteiger partial charge on any atom is -0.473 e.